The van der Waals surface area contributed by atoms with Crippen LogP contribution in [0.5, 0.6) is 0 Å². The third-order valence-electron chi connectivity index (χ3n) is 5.38. The van der Waals surface area contributed by atoms with Crippen molar-refractivity contribution >= 4 is 20.9 Å². The van der Waals surface area contributed by atoms with Crippen molar-refractivity contribution < 1.29 is 12.8 Å². The molecule has 0 saturated carbocycles. The maximum atomic E-state index is 14.7. The van der Waals surface area contributed by atoms with Gasteiger partial charge >= 0.3 is 0 Å². The summed E-state index contributed by atoms with van der Waals surface area (Å²) in [5, 5.41) is 0.747. The van der Waals surface area contributed by atoms with Crippen LogP contribution in [0.3, 0.4) is 0 Å². The van der Waals surface area contributed by atoms with Crippen LogP contribution in [0.4, 0.5) is 4.39 Å². The fourth-order valence-electron chi connectivity index (χ4n) is 4.04. The zero-order valence-electron chi connectivity index (χ0n) is 15.4. The monoisotopic (exact) mass is 407 g/mol. The summed E-state index contributed by atoms with van der Waals surface area (Å²) in [7, 11) is -3.93. The maximum Gasteiger partial charge on any atom is 0.246 e. The summed E-state index contributed by atoms with van der Waals surface area (Å²) in [5.41, 5.74) is 1.50. The van der Waals surface area contributed by atoms with Gasteiger partial charge in [0.15, 0.2) is 0 Å². The van der Waals surface area contributed by atoms with E-state index in [-0.39, 0.29) is 11.4 Å². The number of hydrogen-bond acceptors (Lipinski definition) is 3. The molecule has 3 heterocycles. The standard InChI is InChI=1S/C22H18FN3O2S/c23-18-9-2-1-8-17(18)22-19-10-5-13-25(19)14-15-26(22)29(27,28)20-11-3-6-16-7-4-12-24-21(16)20/h1-13,22H,14-15H2. The molecule has 5 nitrogen and oxygen atoms in total. The smallest absolute Gasteiger partial charge is 0.246 e. The normalized spacial score (nSPS) is 17.3. The summed E-state index contributed by atoms with van der Waals surface area (Å²) in [6.07, 6.45) is 3.48. The molecule has 0 spiro atoms. The molecule has 1 atom stereocenters. The molecule has 1 aliphatic heterocycles. The minimum atomic E-state index is -3.93. The fourth-order valence-corrected chi connectivity index (χ4v) is 5.78. The molecule has 4 aromatic rings. The highest BCUT2D eigenvalue weighted by atomic mass is 32.2. The van der Waals surface area contributed by atoms with Gasteiger partial charge in [0.2, 0.25) is 10.0 Å². The Morgan fingerprint density at radius 1 is 0.931 bits per heavy atom. The third kappa shape index (κ3) is 2.85. The van der Waals surface area contributed by atoms with E-state index >= 15 is 0 Å². The largest absolute Gasteiger partial charge is 0.348 e. The van der Waals surface area contributed by atoms with Crippen LogP contribution in [0.25, 0.3) is 10.9 Å². The van der Waals surface area contributed by atoms with Crippen molar-refractivity contribution in [2.45, 2.75) is 17.5 Å². The number of nitrogens with zero attached hydrogens (tertiary/aromatic N) is 3. The van der Waals surface area contributed by atoms with Crippen LogP contribution in [0.2, 0.25) is 0 Å². The van der Waals surface area contributed by atoms with Crippen molar-refractivity contribution in [1.82, 2.24) is 13.9 Å². The molecule has 5 rings (SSSR count). The second-order valence-corrected chi connectivity index (χ2v) is 8.86. The summed E-state index contributed by atoms with van der Waals surface area (Å²) in [6.45, 7) is 0.747. The number of rotatable bonds is 3. The molecule has 1 aliphatic rings. The molecule has 1 unspecified atom stereocenters. The van der Waals surface area contributed by atoms with E-state index in [9.17, 15) is 12.8 Å². The van der Waals surface area contributed by atoms with Gasteiger partial charge in [-0.2, -0.15) is 4.31 Å². The Bertz CT molecular complexity index is 1310. The zero-order valence-corrected chi connectivity index (χ0v) is 16.3. The van der Waals surface area contributed by atoms with E-state index in [1.165, 1.54) is 10.4 Å². The molecule has 0 radical (unpaired) electrons. The highest BCUT2D eigenvalue weighted by molar-refractivity contribution is 7.89. The minimum absolute atomic E-state index is 0.136. The Morgan fingerprint density at radius 3 is 2.62 bits per heavy atom. The lowest BCUT2D eigenvalue weighted by molar-refractivity contribution is 0.293. The molecular weight excluding hydrogens is 389 g/mol. The highest BCUT2D eigenvalue weighted by Gasteiger charge is 2.39. The van der Waals surface area contributed by atoms with Gasteiger partial charge in [0, 0.05) is 42.1 Å². The van der Waals surface area contributed by atoms with Crippen LogP contribution in [0.1, 0.15) is 17.3 Å². The third-order valence-corrected chi connectivity index (χ3v) is 7.27. The van der Waals surface area contributed by atoms with Crippen LogP contribution >= 0.6 is 0 Å². The predicted octanol–water partition coefficient (Wildman–Crippen LogP) is 3.97. The number of halogens is 1. The van der Waals surface area contributed by atoms with Crippen LogP contribution in [0.15, 0.2) is 84.0 Å². The van der Waals surface area contributed by atoms with Gasteiger partial charge in [-0.05, 0) is 30.3 Å². The number of fused-ring (bicyclic) bond motifs is 2. The van der Waals surface area contributed by atoms with Gasteiger partial charge in [-0.25, -0.2) is 12.8 Å². The van der Waals surface area contributed by atoms with Crippen LogP contribution < -0.4 is 0 Å². The van der Waals surface area contributed by atoms with E-state index < -0.39 is 21.9 Å². The van der Waals surface area contributed by atoms with Gasteiger partial charge in [0.1, 0.15) is 10.7 Å². The minimum Gasteiger partial charge on any atom is -0.348 e. The second-order valence-electron chi connectivity index (χ2n) is 7.00. The molecular formula is C22H18FN3O2S. The molecule has 0 N–H and O–H groups in total. The Labute approximate surface area is 168 Å². The number of para-hydroxylation sites is 1. The van der Waals surface area contributed by atoms with E-state index in [1.54, 1.807) is 42.6 Å². The van der Waals surface area contributed by atoms with Gasteiger partial charge in [0.25, 0.3) is 0 Å². The van der Waals surface area contributed by atoms with Crippen LogP contribution in [-0.4, -0.2) is 28.8 Å². The molecule has 2 aromatic heterocycles. The lowest BCUT2D eigenvalue weighted by Crippen LogP contribution is -2.42. The number of hydrogen-bond donors (Lipinski definition) is 0. The fraction of sp³-hybridized carbons (Fsp3) is 0.136. The lowest BCUT2D eigenvalue weighted by atomic mass is 10.0. The summed E-state index contributed by atoms with van der Waals surface area (Å²) in [4.78, 5) is 4.44. The highest BCUT2D eigenvalue weighted by Crippen LogP contribution is 2.38. The number of aromatic nitrogens is 2. The first-order valence-corrected chi connectivity index (χ1v) is 10.8. The van der Waals surface area contributed by atoms with Crippen LogP contribution in [0, 0.1) is 5.82 Å². The van der Waals surface area contributed by atoms with E-state index in [0.717, 1.165) is 11.1 Å². The topological polar surface area (TPSA) is 55.2 Å². The predicted molar refractivity (Wildman–Crippen MR) is 108 cm³/mol. The molecule has 2 aromatic carbocycles. The Morgan fingerprint density at radius 2 is 1.76 bits per heavy atom. The van der Waals surface area contributed by atoms with Crippen molar-refractivity contribution in [2.24, 2.45) is 0 Å². The average Bonchev–Trinajstić information content (AvgIpc) is 3.22. The first-order valence-electron chi connectivity index (χ1n) is 9.32. The average molecular weight is 407 g/mol. The van der Waals surface area contributed by atoms with Gasteiger partial charge in [-0.3, -0.25) is 4.98 Å². The number of benzene rings is 2. The summed E-state index contributed by atoms with van der Waals surface area (Å²) < 4.78 is 45.7. The van der Waals surface area contributed by atoms with E-state index in [1.807, 2.05) is 35.0 Å². The van der Waals surface area contributed by atoms with Gasteiger partial charge in [0.05, 0.1) is 11.6 Å². The van der Waals surface area contributed by atoms with Crippen molar-refractivity contribution in [1.29, 1.82) is 0 Å². The molecule has 0 bridgehead atoms. The maximum absolute atomic E-state index is 14.7. The Kier molecular flexibility index (Phi) is 4.22. The molecule has 0 saturated heterocycles. The quantitative estimate of drug-likeness (QED) is 0.516. The Balaban J connectivity index is 1.72. The van der Waals surface area contributed by atoms with Crippen molar-refractivity contribution in [3.8, 4) is 0 Å². The summed E-state index contributed by atoms with van der Waals surface area (Å²) in [5.74, 6) is -0.427. The van der Waals surface area contributed by atoms with Gasteiger partial charge in [-0.1, -0.05) is 36.4 Å². The second kappa shape index (κ2) is 6.79. The van der Waals surface area contributed by atoms with Crippen molar-refractivity contribution in [2.75, 3.05) is 6.54 Å². The lowest BCUT2D eigenvalue weighted by Gasteiger charge is -2.36. The molecule has 0 amide bonds. The van der Waals surface area contributed by atoms with Crippen molar-refractivity contribution in [3.63, 3.8) is 0 Å². The van der Waals surface area contributed by atoms with Crippen molar-refractivity contribution in [3.05, 3.63) is 96.2 Å². The van der Waals surface area contributed by atoms with Gasteiger partial charge in [-0.15, -0.1) is 0 Å². The SMILES string of the molecule is O=S(=O)(c1cccc2cccnc12)N1CCn2cccc2C1c1ccccc1F. The molecule has 146 valence electrons. The van der Waals surface area contributed by atoms with E-state index in [4.69, 9.17) is 0 Å². The molecule has 0 fully saturated rings. The summed E-state index contributed by atoms with van der Waals surface area (Å²) in [6, 6.07) is 18.0. The first-order chi connectivity index (χ1) is 14.1. The molecule has 0 aliphatic carbocycles. The summed E-state index contributed by atoms with van der Waals surface area (Å²) >= 11 is 0. The number of sulfonamides is 1. The zero-order chi connectivity index (χ0) is 20.0. The van der Waals surface area contributed by atoms with E-state index in [2.05, 4.69) is 4.98 Å². The van der Waals surface area contributed by atoms with Crippen LogP contribution in [-0.2, 0) is 16.6 Å². The Hall–Kier alpha value is -3.03. The molecule has 29 heavy (non-hydrogen) atoms. The first kappa shape index (κ1) is 18.0. The molecule has 7 heteroatoms. The number of pyridine rings is 1. The van der Waals surface area contributed by atoms with E-state index in [0.29, 0.717) is 17.6 Å². The van der Waals surface area contributed by atoms with Gasteiger partial charge < -0.3 is 4.57 Å².